The summed E-state index contributed by atoms with van der Waals surface area (Å²) < 4.78 is 10.1. The lowest BCUT2D eigenvalue weighted by molar-refractivity contribution is 0.0513. The van der Waals surface area contributed by atoms with Crippen molar-refractivity contribution in [1.82, 2.24) is 10.3 Å². The van der Waals surface area contributed by atoms with Crippen LogP contribution in [0, 0.1) is 0 Å². The van der Waals surface area contributed by atoms with Crippen molar-refractivity contribution in [3.63, 3.8) is 0 Å². The summed E-state index contributed by atoms with van der Waals surface area (Å²) in [7, 11) is 0. The summed E-state index contributed by atoms with van der Waals surface area (Å²) in [5.74, 6) is -0.494. The standard InChI is InChI=1S/C15H23N3O4S/c1-5-21-12(19)11-10(23-13(16)18-11)8-6-7-9-17-14(20)22-15(2,3)4/h6,8H,5,7,9H2,1-4H3,(H2,16,18)(H,17,20). The van der Waals surface area contributed by atoms with Crippen molar-refractivity contribution < 1.29 is 19.1 Å². The second-order valence-corrected chi connectivity index (χ2v) is 6.67. The number of esters is 1. The van der Waals surface area contributed by atoms with Crippen LogP contribution >= 0.6 is 11.3 Å². The van der Waals surface area contributed by atoms with Crippen molar-refractivity contribution in [3.05, 3.63) is 16.6 Å². The molecule has 128 valence electrons. The summed E-state index contributed by atoms with van der Waals surface area (Å²) in [5, 5.41) is 2.95. The van der Waals surface area contributed by atoms with Crippen molar-refractivity contribution in [2.75, 3.05) is 18.9 Å². The van der Waals surface area contributed by atoms with Crippen LogP contribution in [-0.4, -0.2) is 35.8 Å². The highest BCUT2D eigenvalue weighted by Crippen LogP contribution is 2.22. The molecule has 0 aromatic carbocycles. The third-order valence-electron chi connectivity index (χ3n) is 2.39. The van der Waals surface area contributed by atoms with Gasteiger partial charge >= 0.3 is 12.1 Å². The molecule has 0 aliphatic carbocycles. The van der Waals surface area contributed by atoms with E-state index in [2.05, 4.69) is 10.3 Å². The van der Waals surface area contributed by atoms with Crippen LogP contribution in [0.3, 0.4) is 0 Å². The summed E-state index contributed by atoms with van der Waals surface area (Å²) in [6.45, 7) is 7.84. The van der Waals surface area contributed by atoms with E-state index in [-0.39, 0.29) is 12.3 Å². The van der Waals surface area contributed by atoms with Gasteiger partial charge in [-0.15, -0.1) is 0 Å². The summed E-state index contributed by atoms with van der Waals surface area (Å²) in [4.78, 5) is 27.8. The lowest BCUT2D eigenvalue weighted by Crippen LogP contribution is -2.32. The maximum Gasteiger partial charge on any atom is 0.407 e. The molecule has 3 N–H and O–H groups in total. The zero-order valence-electron chi connectivity index (χ0n) is 13.8. The maximum atomic E-state index is 11.7. The van der Waals surface area contributed by atoms with Crippen LogP contribution in [0.4, 0.5) is 9.93 Å². The molecule has 1 aromatic rings. The zero-order chi connectivity index (χ0) is 17.5. The first-order valence-electron chi connectivity index (χ1n) is 7.29. The average Bonchev–Trinajstić information content (AvgIpc) is 2.78. The lowest BCUT2D eigenvalue weighted by Gasteiger charge is -2.19. The predicted octanol–water partition coefficient (Wildman–Crippen LogP) is 2.83. The Hall–Kier alpha value is -2.09. The molecule has 1 rings (SSSR count). The first-order valence-corrected chi connectivity index (χ1v) is 8.11. The molecule has 1 aromatic heterocycles. The fraction of sp³-hybridized carbons (Fsp3) is 0.533. The Balaban J connectivity index is 2.49. The molecule has 0 radical (unpaired) electrons. The molecule has 0 spiro atoms. The Morgan fingerprint density at radius 1 is 1.39 bits per heavy atom. The lowest BCUT2D eigenvalue weighted by atomic mass is 10.2. The summed E-state index contributed by atoms with van der Waals surface area (Å²) >= 11 is 1.21. The molecule has 23 heavy (non-hydrogen) atoms. The second kappa shape index (κ2) is 8.52. The minimum Gasteiger partial charge on any atom is -0.461 e. The van der Waals surface area contributed by atoms with E-state index in [0.717, 1.165) is 0 Å². The van der Waals surface area contributed by atoms with Gasteiger partial charge in [0.15, 0.2) is 10.8 Å². The molecule has 0 bridgehead atoms. The molecule has 0 aliphatic heterocycles. The third-order valence-corrected chi connectivity index (χ3v) is 3.24. The van der Waals surface area contributed by atoms with Gasteiger partial charge in [0.05, 0.1) is 11.5 Å². The van der Waals surface area contributed by atoms with Crippen LogP contribution in [0.15, 0.2) is 6.08 Å². The van der Waals surface area contributed by atoms with Gasteiger partial charge in [-0.25, -0.2) is 14.6 Å². The van der Waals surface area contributed by atoms with Gasteiger partial charge in [-0.3, -0.25) is 0 Å². The van der Waals surface area contributed by atoms with Gasteiger partial charge < -0.3 is 20.5 Å². The fourth-order valence-electron chi connectivity index (χ4n) is 1.57. The first-order chi connectivity index (χ1) is 10.7. The van der Waals surface area contributed by atoms with E-state index in [0.29, 0.717) is 23.0 Å². The number of hydrogen-bond acceptors (Lipinski definition) is 7. The van der Waals surface area contributed by atoms with Crippen molar-refractivity contribution in [2.45, 2.75) is 39.7 Å². The molecular weight excluding hydrogens is 318 g/mol. The molecule has 8 heteroatoms. The second-order valence-electron chi connectivity index (χ2n) is 5.61. The van der Waals surface area contributed by atoms with Gasteiger partial charge in [0, 0.05) is 6.54 Å². The van der Waals surface area contributed by atoms with E-state index in [9.17, 15) is 9.59 Å². The van der Waals surface area contributed by atoms with Crippen LogP contribution in [0.5, 0.6) is 0 Å². The number of carbonyl (C=O) groups is 2. The SMILES string of the molecule is CCOC(=O)c1nc(N)sc1C=CCCNC(=O)OC(C)(C)C. The average molecular weight is 341 g/mol. The summed E-state index contributed by atoms with van der Waals surface area (Å²) in [5.41, 5.74) is 5.33. The number of anilines is 1. The van der Waals surface area contributed by atoms with Crippen molar-refractivity contribution in [3.8, 4) is 0 Å². The number of nitrogens with zero attached hydrogens (tertiary/aromatic N) is 1. The highest BCUT2D eigenvalue weighted by molar-refractivity contribution is 7.16. The highest BCUT2D eigenvalue weighted by Gasteiger charge is 2.17. The third kappa shape index (κ3) is 7.14. The number of nitrogen functional groups attached to an aromatic ring is 1. The van der Waals surface area contributed by atoms with Crippen LogP contribution in [0.1, 0.15) is 49.5 Å². The molecule has 1 heterocycles. The predicted molar refractivity (Wildman–Crippen MR) is 90.4 cm³/mol. The quantitative estimate of drug-likeness (QED) is 0.609. The Morgan fingerprint density at radius 2 is 2.09 bits per heavy atom. The Morgan fingerprint density at radius 3 is 2.70 bits per heavy atom. The van der Waals surface area contributed by atoms with E-state index < -0.39 is 17.7 Å². The van der Waals surface area contributed by atoms with Gasteiger partial charge in [-0.05, 0) is 40.2 Å². The smallest absolute Gasteiger partial charge is 0.407 e. The number of thiazole rings is 1. The van der Waals surface area contributed by atoms with E-state index in [1.807, 2.05) is 6.08 Å². The summed E-state index contributed by atoms with van der Waals surface area (Å²) in [6.07, 6.45) is 3.70. The highest BCUT2D eigenvalue weighted by atomic mass is 32.1. The van der Waals surface area contributed by atoms with Crippen LogP contribution < -0.4 is 11.1 Å². The molecular formula is C15H23N3O4S. The van der Waals surface area contributed by atoms with Gasteiger partial charge in [0.2, 0.25) is 0 Å². The first kappa shape index (κ1) is 19.0. The largest absolute Gasteiger partial charge is 0.461 e. The number of rotatable bonds is 6. The number of amides is 1. The number of carbonyl (C=O) groups excluding carboxylic acids is 2. The minimum atomic E-state index is -0.519. The number of aromatic nitrogens is 1. The van der Waals surface area contributed by atoms with Crippen molar-refractivity contribution >= 4 is 34.6 Å². The number of ether oxygens (including phenoxy) is 2. The molecule has 0 saturated heterocycles. The molecule has 0 saturated carbocycles. The topological polar surface area (TPSA) is 104 Å². The Labute approximate surface area is 139 Å². The van der Waals surface area contributed by atoms with Gasteiger partial charge in [-0.1, -0.05) is 17.4 Å². The number of nitrogens with one attached hydrogen (secondary N) is 1. The number of nitrogens with two attached hydrogens (primary N) is 1. The van der Waals surface area contributed by atoms with Crippen LogP contribution in [-0.2, 0) is 9.47 Å². The fourth-order valence-corrected chi connectivity index (χ4v) is 2.32. The van der Waals surface area contributed by atoms with Crippen LogP contribution in [0.2, 0.25) is 0 Å². The number of alkyl carbamates (subject to hydrolysis) is 1. The van der Waals surface area contributed by atoms with Crippen LogP contribution in [0.25, 0.3) is 6.08 Å². The normalized spacial score (nSPS) is 11.5. The Bertz CT molecular complexity index is 576. The van der Waals surface area contributed by atoms with E-state index in [1.165, 1.54) is 11.3 Å². The maximum absolute atomic E-state index is 11.7. The van der Waals surface area contributed by atoms with Crippen molar-refractivity contribution in [1.29, 1.82) is 0 Å². The zero-order valence-corrected chi connectivity index (χ0v) is 14.7. The molecule has 0 atom stereocenters. The summed E-state index contributed by atoms with van der Waals surface area (Å²) in [6, 6.07) is 0. The molecule has 0 fully saturated rings. The van der Waals surface area contributed by atoms with Crippen molar-refractivity contribution in [2.24, 2.45) is 0 Å². The van der Waals surface area contributed by atoms with Gasteiger partial charge in [0.1, 0.15) is 5.60 Å². The van der Waals surface area contributed by atoms with Gasteiger partial charge in [-0.2, -0.15) is 0 Å². The number of hydrogen-bond donors (Lipinski definition) is 2. The minimum absolute atomic E-state index is 0.214. The molecule has 0 unspecified atom stereocenters. The van der Waals surface area contributed by atoms with E-state index in [1.54, 1.807) is 33.8 Å². The molecule has 7 nitrogen and oxygen atoms in total. The molecule has 0 aliphatic rings. The monoisotopic (exact) mass is 341 g/mol. The van der Waals surface area contributed by atoms with E-state index >= 15 is 0 Å². The molecule has 1 amide bonds. The Kier molecular flexibility index (Phi) is 7.02. The van der Waals surface area contributed by atoms with Gasteiger partial charge in [0.25, 0.3) is 0 Å². The van der Waals surface area contributed by atoms with E-state index in [4.69, 9.17) is 15.2 Å².